The molecule has 0 saturated carbocycles. The van der Waals surface area contributed by atoms with E-state index in [1.165, 1.54) is 0 Å². The third kappa shape index (κ3) is 2.39. The third-order valence-electron chi connectivity index (χ3n) is 3.24. The highest BCUT2D eigenvalue weighted by Gasteiger charge is 2.23. The third-order valence-corrected chi connectivity index (χ3v) is 3.24. The quantitative estimate of drug-likeness (QED) is 0.723. The number of ether oxygens (including phenoxy) is 1. The summed E-state index contributed by atoms with van der Waals surface area (Å²) in [6.07, 6.45) is 1.43. The number of H-pyrrole nitrogens is 1. The van der Waals surface area contributed by atoms with Crippen molar-refractivity contribution < 1.29 is 9.84 Å². The largest absolute Gasteiger partial charge is 0.394 e. The molecule has 1 fully saturated rings. The molecule has 0 bridgehead atoms. The molecule has 0 aromatic carbocycles. The molecular formula is C12H18N6O2. The number of anilines is 2. The Morgan fingerprint density at radius 2 is 2.45 bits per heavy atom. The highest BCUT2D eigenvalue weighted by molar-refractivity contribution is 5.84. The summed E-state index contributed by atoms with van der Waals surface area (Å²) in [5, 5.41) is 12.4. The minimum absolute atomic E-state index is 0.00771. The summed E-state index contributed by atoms with van der Waals surface area (Å²) in [4.78, 5) is 18.3. The molecule has 3 heterocycles. The van der Waals surface area contributed by atoms with Gasteiger partial charge >= 0.3 is 0 Å². The van der Waals surface area contributed by atoms with Gasteiger partial charge in [0.2, 0.25) is 5.95 Å². The van der Waals surface area contributed by atoms with E-state index in [0.717, 1.165) is 24.4 Å². The number of aliphatic hydroxyl groups is 1. The standard InChI is InChI=1S/C12H18N6O2/c1-2-13-12-16-10-9(14-7-15-10)11(17-12)18-3-4-20-8(5-18)6-19/h7-8,19H,2-6H2,1H3,(H2,13,14,15,16,17). The van der Waals surface area contributed by atoms with Crippen LogP contribution in [-0.4, -0.2) is 64.0 Å². The Bertz CT molecular complexity index is 586. The first kappa shape index (κ1) is 13.1. The Labute approximate surface area is 116 Å². The summed E-state index contributed by atoms with van der Waals surface area (Å²) >= 11 is 0. The number of aromatic nitrogens is 4. The van der Waals surface area contributed by atoms with Crippen molar-refractivity contribution >= 4 is 22.9 Å². The van der Waals surface area contributed by atoms with E-state index < -0.39 is 0 Å². The van der Waals surface area contributed by atoms with Gasteiger partial charge in [0.25, 0.3) is 0 Å². The number of hydrogen-bond acceptors (Lipinski definition) is 7. The van der Waals surface area contributed by atoms with Crippen LogP contribution in [0.4, 0.5) is 11.8 Å². The number of imidazole rings is 1. The maximum atomic E-state index is 9.25. The van der Waals surface area contributed by atoms with Crippen molar-refractivity contribution in [3.05, 3.63) is 6.33 Å². The lowest BCUT2D eigenvalue weighted by Crippen LogP contribution is -2.44. The molecule has 0 aliphatic carbocycles. The van der Waals surface area contributed by atoms with Crippen molar-refractivity contribution in [3.63, 3.8) is 0 Å². The van der Waals surface area contributed by atoms with E-state index in [1.807, 2.05) is 6.92 Å². The normalized spacial score (nSPS) is 19.5. The van der Waals surface area contributed by atoms with Crippen molar-refractivity contribution in [1.82, 2.24) is 19.9 Å². The van der Waals surface area contributed by atoms with Gasteiger partial charge in [-0.1, -0.05) is 0 Å². The maximum Gasteiger partial charge on any atom is 0.226 e. The smallest absolute Gasteiger partial charge is 0.226 e. The SMILES string of the molecule is CCNc1nc(N2CCOC(CO)C2)c2[nH]cnc2n1. The molecule has 0 amide bonds. The summed E-state index contributed by atoms with van der Waals surface area (Å²) in [6.45, 7) is 4.65. The molecule has 1 saturated heterocycles. The second-order valence-corrected chi connectivity index (χ2v) is 4.62. The summed E-state index contributed by atoms with van der Waals surface area (Å²) < 4.78 is 5.47. The molecular weight excluding hydrogens is 260 g/mol. The van der Waals surface area contributed by atoms with Gasteiger partial charge in [-0.2, -0.15) is 9.97 Å². The lowest BCUT2D eigenvalue weighted by Gasteiger charge is -2.33. The van der Waals surface area contributed by atoms with Crippen LogP contribution in [0.1, 0.15) is 6.92 Å². The van der Waals surface area contributed by atoms with Gasteiger partial charge in [0.05, 0.1) is 25.6 Å². The number of rotatable bonds is 4. The van der Waals surface area contributed by atoms with Crippen LogP contribution in [0.25, 0.3) is 11.2 Å². The van der Waals surface area contributed by atoms with Gasteiger partial charge in [0.15, 0.2) is 11.5 Å². The predicted molar refractivity (Wildman–Crippen MR) is 74.9 cm³/mol. The molecule has 8 nitrogen and oxygen atoms in total. The van der Waals surface area contributed by atoms with Gasteiger partial charge in [-0.15, -0.1) is 0 Å². The number of aromatic amines is 1. The molecule has 3 rings (SSSR count). The molecule has 1 atom stereocenters. The average Bonchev–Trinajstić information content (AvgIpc) is 2.95. The fourth-order valence-electron chi connectivity index (χ4n) is 2.31. The summed E-state index contributed by atoms with van der Waals surface area (Å²) in [5.41, 5.74) is 1.45. The molecule has 20 heavy (non-hydrogen) atoms. The highest BCUT2D eigenvalue weighted by atomic mass is 16.5. The van der Waals surface area contributed by atoms with Crippen LogP contribution in [0, 0.1) is 0 Å². The van der Waals surface area contributed by atoms with Crippen molar-refractivity contribution in [2.75, 3.05) is 43.1 Å². The van der Waals surface area contributed by atoms with Crippen molar-refractivity contribution in [3.8, 4) is 0 Å². The van der Waals surface area contributed by atoms with E-state index in [-0.39, 0.29) is 12.7 Å². The first-order valence-electron chi connectivity index (χ1n) is 6.74. The van der Waals surface area contributed by atoms with E-state index in [2.05, 4.69) is 30.2 Å². The van der Waals surface area contributed by atoms with Crippen LogP contribution in [0.15, 0.2) is 6.33 Å². The molecule has 1 unspecified atom stereocenters. The molecule has 0 spiro atoms. The number of nitrogens with zero attached hydrogens (tertiary/aromatic N) is 4. The zero-order chi connectivity index (χ0) is 13.9. The average molecular weight is 278 g/mol. The monoisotopic (exact) mass is 278 g/mol. The van der Waals surface area contributed by atoms with Gasteiger partial charge < -0.3 is 25.0 Å². The molecule has 2 aromatic rings. The van der Waals surface area contributed by atoms with Gasteiger partial charge in [-0.25, -0.2) is 4.98 Å². The van der Waals surface area contributed by atoms with Gasteiger partial charge in [-0.3, -0.25) is 0 Å². The van der Waals surface area contributed by atoms with E-state index in [1.54, 1.807) is 6.33 Å². The number of morpholine rings is 1. The van der Waals surface area contributed by atoms with E-state index in [4.69, 9.17) is 4.74 Å². The maximum absolute atomic E-state index is 9.25. The second-order valence-electron chi connectivity index (χ2n) is 4.62. The summed E-state index contributed by atoms with van der Waals surface area (Å²) in [5.74, 6) is 1.36. The van der Waals surface area contributed by atoms with Gasteiger partial charge in [0, 0.05) is 19.6 Å². The Kier molecular flexibility index (Phi) is 3.66. The molecule has 0 radical (unpaired) electrons. The highest BCUT2D eigenvalue weighted by Crippen LogP contribution is 2.24. The lowest BCUT2D eigenvalue weighted by molar-refractivity contribution is 0.00343. The zero-order valence-corrected chi connectivity index (χ0v) is 11.3. The fraction of sp³-hybridized carbons (Fsp3) is 0.583. The van der Waals surface area contributed by atoms with Crippen molar-refractivity contribution in [2.24, 2.45) is 0 Å². The molecule has 3 N–H and O–H groups in total. The van der Waals surface area contributed by atoms with Crippen LogP contribution in [-0.2, 0) is 4.74 Å². The zero-order valence-electron chi connectivity index (χ0n) is 11.3. The molecule has 8 heteroatoms. The Morgan fingerprint density at radius 3 is 3.25 bits per heavy atom. The molecule has 1 aliphatic heterocycles. The number of aliphatic hydroxyl groups excluding tert-OH is 1. The van der Waals surface area contributed by atoms with Crippen LogP contribution < -0.4 is 10.2 Å². The first-order chi connectivity index (χ1) is 9.81. The Hall–Kier alpha value is -1.93. The van der Waals surface area contributed by atoms with Crippen molar-refractivity contribution in [2.45, 2.75) is 13.0 Å². The number of nitrogens with one attached hydrogen (secondary N) is 2. The Morgan fingerprint density at radius 1 is 1.55 bits per heavy atom. The number of hydrogen-bond donors (Lipinski definition) is 3. The minimum atomic E-state index is -0.181. The fourth-order valence-corrected chi connectivity index (χ4v) is 2.31. The first-order valence-corrected chi connectivity index (χ1v) is 6.74. The number of fused-ring (bicyclic) bond motifs is 1. The van der Waals surface area contributed by atoms with Crippen LogP contribution in [0.3, 0.4) is 0 Å². The molecule has 2 aromatic heterocycles. The van der Waals surface area contributed by atoms with E-state index >= 15 is 0 Å². The molecule has 1 aliphatic rings. The minimum Gasteiger partial charge on any atom is -0.394 e. The van der Waals surface area contributed by atoms with Crippen molar-refractivity contribution in [1.29, 1.82) is 0 Å². The lowest BCUT2D eigenvalue weighted by atomic mass is 10.3. The van der Waals surface area contributed by atoms with Crippen LogP contribution >= 0.6 is 0 Å². The van der Waals surface area contributed by atoms with E-state index in [9.17, 15) is 5.11 Å². The van der Waals surface area contributed by atoms with Crippen LogP contribution in [0.2, 0.25) is 0 Å². The van der Waals surface area contributed by atoms with Crippen LogP contribution in [0.5, 0.6) is 0 Å². The van der Waals surface area contributed by atoms with E-state index in [0.29, 0.717) is 24.7 Å². The summed E-state index contributed by atoms with van der Waals surface area (Å²) in [7, 11) is 0. The van der Waals surface area contributed by atoms with Gasteiger partial charge in [-0.05, 0) is 6.92 Å². The second kappa shape index (κ2) is 5.59. The topological polar surface area (TPSA) is 99.2 Å². The molecule has 108 valence electrons. The van der Waals surface area contributed by atoms with Gasteiger partial charge in [0.1, 0.15) is 5.52 Å². The predicted octanol–water partition coefficient (Wildman–Crippen LogP) is -0.0178. The summed E-state index contributed by atoms with van der Waals surface area (Å²) in [6, 6.07) is 0. The Balaban J connectivity index is 1.98.